The molecule has 0 aliphatic heterocycles. The van der Waals surface area contributed by atoms with Crippen molar-refractivity contribution in [1.29, 1.82) is 0 Å². The predicted molar refractivity (Wildman–Crippen MR) is 44.7 cm³/mol. The molecular formula is C7H12N4O2. The number of ether oxygens (including phenoxy) is 1. The third-order valence-electron chi connectivity index (χ3n) is 1.62. The fourth-order valence-corrected chi connectivity index (χ4v) is 0.738. The van der Waals surface area contributed by atoms with E-state index in [9.17, 15) is 4.79 Å². The van der Waals surface area contributed by atoms with Crippen LogP contribution in [-0.4, -0.2) is 34.3 Å². The van der Waals surface area contributed by atoms with Crippen LogP contribution in [0.25, 0.3) is 0 Å². The molecular weight excluding hydrogens is 172 g/mol. The lowest BCUT2D eigenvalue weighted by Gasteiger charge is -2.08. The van der Waals surface area contributed by atoms with E-state index >= 15 is 0 Å². The minimum absolute atomic E-state index is 0.168. The molecule has 13 heavy (non-hydrogen) atoms. The number of hydrogen-bond donors (Lipinski definition) is 2. The second-order valence-electron chi connectivity index (χ2n) is 2.53. The Bertz CT molecular complexity index is 259. The highest BCUT2D eigenvalue weighted by Crippen LogP contribution is 1.89. The van der Waals surface area contributed by atoms with Gasteiger partial charge in [0.05, 0.1) is 6.54 Å². The minimum Gasteiger partial charge on any atom is -0.372 e. The molecule has 72 valence electrons. The standard InChI is InChI=1S/C7H12N4O2/c1-5(13-2)7(12)8-3-6-9-4-10-11-6/h4-5H,3H2,1-2H3,(H,8,12)(H,9,10,11). The number of rotatable bonds is 4. The second-order valence-corrected chi connectivity index (χ2v) is 2.53. The van der Waals surface area contributed by atoms with Crippen LogP contribution in [-0.2, 0) is 16.1 Å². The zero-order valence-corrected chi connectivity index (χ0v) is 7.57. The number of H-pyrrole nitrogens is 1. The number of aromatic nitrogens is 3. The summed E-state index contributed by atoms with van der Waals surface area (Å²) >= 11 is 0. The van der Waals surface area contributed by atoms with Crippen molar-refractivity contribution in [3.05, 3.63) is 12.2 Å². The third kappa shape index (κ3) is 2.83. The van der Waals surface area contributed by atoms with Gasteiger partial charge in [-0.25, -0.2) is 4.98 Å². The number of amides is 1. The topological polar surface area (TPSA) is 79.9 Å². The van der Waals surface area contributed by atoms with Crippen molar-refractivity contribution in [1.82, 2.24) is 20.5 Å². The van der Waals surface area contributed by atoms with Crippen LogP contribution in [0.4, 0.5) is 0 Å². The Morgan fingerprint density at radius 1 is 1.85 bits per heavy atom. The number of aromatic amines is 1. The molecule has 1 amide bonds. The summed E-state index contributed by atoms with van der Waals surface area (Å²) in [4.78, 5) is 15.0. The summed E-state index contributed by atoms with van der Waals surface area (Å²) < 4.78 is 4.82. The van der Waals surface area contributed by atoms with Gasteiger partial charge in [-0.1, -0.05) is 0 Å². The molecule has 1 atom stereocenters. The molecule has 1 aromatic rings. The van der Waals surface area contributed by atoms with Gasteiger partial charge in [0.25, 0.3) is 0 Å². The van der Waals surface area contributed by atoms with E-state index in [-0.39, 0.29) is 5.91 Å². The van der Waals surface area contributed by atoms with Gasteiger partial charge in [0.2, 0.25) is 5.91 Å². The molecule has 2 N–H and O–H groups in total. The molecule has 0 saturated carbocycles. The molecule has 0 bridgehead atoms. The molecule has 1 rings (SSSR count). The maximum Gasteiger partial charge on any atom is 0.249 e. The minimum atomic E-state index is -0.442. The van der Waals surface area contributed by atoms with Crippen molar-refractivity contribution in [3.63, 3.8) is 0 Å². The van der Waals surface area contributed by atoms with E-state index in [1.807, 2.05) is 0 Å². The number of nitrogens with zero attached hydrogens (tertiary/aromatic N) is 2. The van der Waals surface area contributed by atoms with Crippen LogP contribution >= 0.6 is 0 Å². The number of nitrogens with one attached hydrogen (secondary N) is 2. The first-order chi connectivity index (χ1) is 6.24. The summed E-state index contributed by atoms with van der Waals surface area (Å²) in [7, 11) is 1.48. The van der Waals surface area contributed by atoms with Crippen LogP contribution in [0.5, 0.6) is 0 Å². The van der Waals surface area contributed by atoms with Crippen LogP contribution in [0.15, 0.2) is 6.33 Å². The van der Waals surface area contributed by atoms with E-state index in [1.165, 1.54) is 13.4 Å². The van der Waals surface area contributed by atoms with E-state index in [0.29, 0.717) is 12.4 Å². The Morgan fingerprint density at radius 3 is 3.15 bits per heavy atom. The Labute approximate surface area is 75.7 Å². The molecule has 1 heterocycles. The van der Waals surface area contributed by atoms with Crippen molar-refractivity contribution in [2.75, 3.05) is 7.11 Å². The smallest absolute Gasteiger partial charge is 0.249 e. The van der Waals surface area contributed by atoms with E-state index < -0.39 is 6.10 Å². The van der Waals surface area contributed by atoms with E-state index in [2.05, 4.69) is 20.5 Å². The molecule has 0 saturated heterocycles. The largest absolute Gasteiger partial charge is 0.372 e. The van der Waals surface area contributed by atoms with Crippen molar-refractivity contribution in [2.45, 2.75) is 19.6 Å². The summed E-state index contributed by atoms with van der Waals surface area (Å²) in [5.41, 5.74) is 0. The summed E-state index contributed by atoms with van der Waals surface area (Å²) in [5, 5.41) is 8.92. The Morgan fingerprint density at radius 2 is 2.62 bits per heavy atom. The molecule has 6 nitrogen and oxygen atoms in total. The molecule has 1 unspecified atom stereocenters. The van der Waals surface area contributed by atoms with Gasteiger partial charge < -0.3 is 10.1 Å². The van der Waals surface area contributed by atoms with E-state index in [4.69, 9.17) is 4.74 Å². The highest BCUT2D eigenvalue weighted by atomic mass is 16.5. The molecule has 6 heteroatoms. The Balaban J connectivity index is 2.31. The van der Waals surface area contributed by atoms with E-state index in [1.54, 1.807) is 6.92 Å². The molecule has 0 aliphatic rings. The zero-order chi connectivity index (χ0) is 9.68. The number of carbonyl (C=O) groups is 1. The van der Waals surface area contributed by atoms with Crippen LogP contribution < -0.4 is 5.32 Å². The number of hydrogen-bond acceptors (Lipinski definition) is 4. The third-order valence-corrected chi connectivity index (χ3v) is 1.62. The Kier molecular flexibility index (Phi) is 3.39. The van der Waals surface area contributed by atoms with Crippen molar-refractivity contribution >= 4 is 5.91 Å². The first kappa shape index (κ1) is 9.66. The monoisotopic (exact) mass is 184 g/mol. The summed E-state index contributed by atoms with van der Waals surface area (Å²) in [6.07, 6.45) is 0.948. The van der Waals surface area contributed by atoms with Gasteiger partial charge >= 0.3 is 0 Å². The lowest BCUT2D eigenvalue weighted by atomic mass is 10.4. The Hall–Kier alpha value is -1.43. The number of carbonyl (C=O) groups excluding carboxylic acids is 1. The van der Waals surface area contributed by atoms with Gasteiger partial charge in [0, 0.05) is 7.11 Å². The molecule has 0 aliphatic carbocycles. The van der Waals surface area contributed by atoms with Gasteiger partial charge in [-0.05, 0) is 6.92 Å². The lowest BCUT2D eigenvalue weighted by molar-refractivity contribution is -0.130. The van der Waals surface area contributed by atoms with Crippen LogP contribution in [0.3, 0.4) is 0 Å². The first-order valence-electron chi connectivity index (χ1n) is 3.88. The van der Waals surface area contributed by atoms with Crippen molar-refractivity contribution < 1.29 is 9.53 Å². The zero-order valence-electron chi connectivity index (χ0n) is 7.57. The second kappa shape index (κ2) is 4.56. The van der Waals surface area contributed by atoms with Gasteiger partial charge in [-0.2, -0.15) is 5.10 Å². The van der Waals surface area contributed by atoms with Crippen LogP contribution in [0, 0.1) is 0 Å². The molecule has 0 spiro atoms. The molecule has 0 aromatic carbocycles. The van der Waals surface area contributed by atoms with Gasteiger partial charge in [0.1, 0.15) is 18.3 Å². The normalized spacial score (nSPS) is 12.5. The quantitative estimate of drug-likeness (QED) is 0.658. The van der Waals surface area contributed by atoms with E-state index in [0.717, 1.165) is 0 Å². The maximum absolute atomic E-state index is 11.2. The van der Waals surface area contributed by atoms with Crippen LogP contribution in [0.1, 0.15) is 12.7 Å². The highest BCUT2D eigenvalue weighted by molar-refractivity contribution is 5.80. The lowest BCUT2D eigenvalue weighted by Crippen LogP contribution is -2.33. The molecule has 0 radical (unpaired) electrons. The fraction of sp³-hybridized carbons (Fsp3) is 0.571. The number of methoxy groups -OCH3 is 1. The average Bonchev–Trinajstić information content (AvgIpc) is 2.65. The van der Waals surface area contributed by atoms with Gasteiger partial charge in [-0.15, -0.1) is 0 Å². The highest BCUT2D eigenvalue weighted by Gasteiger charge is 2.10. The van der Waals surface area contributed by atoms with Crippen LogP contribution in [0.2, 0.25) is 0 Å². The van der Waals surface area contributed by atoms with Gasteiger partial charge in [-0.3, -0.25) is 9.89 Å². The molecule has 0 fully saturated rings. The SMILES string of the molecule is COC(C)C(=O)NCc1ncn[nH]1. The maximum atomic E-state index is 11.2. The average molecular weight is 184 g/mol. The fourth-order valence-electron chi connectivity index (χ4n) is 0.738. The summed E-state index contributed by atoms with van der Waals surface area (Å²) in [5.74, 6) is 0.454. The first-order valence-corrected chi connectivity index (χ1v) is 3.88. The van der Waals surface area contributed by atoms with Gasteiger partial charge in [0.15, 0.2) is 0 Å². The van der Waals surface area contributed by atoms with Crippen molar-refractivity contribution in [2.24, 2.45) is 0 Å². The summed E-state index contributed by atoms with van der Waals surface area (Å²) in [6.45, 7) is 2.02. The van der Waals surface area contributed by atoms with Crippen molar-refractivity contribution in [3.8, 4) is 0 Å². The molecule has 1 aromatic heterocycles. The summed E-state index contributed by atoms with van der Waals surface area (Å²) in [6, 6.07) is 0. The predicted octanol–water partition coefficient (Wildman–Crippen LogP) is -0.544.